The maximum atomic E-state index is 8.41. The molecule has 0 heterocycles. The third-order valence-corrected chi connectivity index (χ3v) is 2.34. The van der Waals surface area contributed by atoms with Crippen LogP contribution in [0.15, 0.2) is 24.3 Å². The highest BCUT2D eigenvalue weighted by atomic mass is 14.9. The summed E-state index contributed by atoms with van der Waals surface area (Å²) in [6.07, 6.45) is 0.566. The molecule has 2 heteroatoms. The summed E-state index contributed by atoms with van der Waals surface area (Å²) < 4.78 is 0. The summed E-state index contributed by atoms with van der Waals surface area (Å²) in [5.74, 6) is 0. The monoisotopic (exact) mass is 188 g/mol. The van der Waals surface area contributed by atoms with Crippen LogP contribution in [0.4, 0.5) is 0 Å². The van der Waals surface area contributed by atoms with E-state index in [4.69, 9.17) is 5.26 Å². The standard InChI is InChI=1S/C12H16N2/c1-10-6-3-4-7-12(10)11(2)14-9-5-8-13/h3-4,6-7,11,14H,5,9H2,1-2H3. The number of nitrogens with one attached hydrogen (secondary N) is 1. The van der Waals surface area contributed by atoms with Crippen LogP contribution in [0.5, 0.6) is 0 Å². The number of nitriles is 1. The van der Waals surface area contributed by atoms with Crippen molar-refractivity contribution in [2.45, 2.75) is 26.3 Å². The van der Waals surface area contributed by atoms with Crippen molar-refractivity contribution in [1.82, 2.24) is 5.32 Å². The van der Waals surface area contributed by atoms with Gasteiger partial charge in [-0.3, -0.25) is 0 Å². The van der Waals surface area contributed by atoms with E-state index < -0.39 is 0 Å². The zero-order chi connectivity index (χ0) is 10.4. The first-order valence-electron chi connectivity index (χ1n) is 4.91. The van der Waals surface area contributed by atoms with Crippen LogP contribution in [0.2, 0.25) is 0 Å². The Hall–Kier alpha value is -1.33. The SMILES string of the molecule is Cc1ccccc1C(C)NCCC#N. The molecule has 1 aromatic rings. The number of hydrogen-bond donors (Lipinski definition) is 1. The second-order valence-electron chi connectivity index (χ2n) is 3.44. The molecule has 0 aliphatic heterocycles. The molecule has 0 fully saturated rings. The molecular weight excluding hydrogens is 172 g/mol. The minimum absolute atomic E-state index is 0.324. The van der Waals surface area contributed by atoms with Crippen LogP contribution in [0, 0.1) is 18.3 Å². The number of hydrogen-bond acceptors (Lipinski definition) is 2. The molecule has 0 radical (unpaired) electrons. The first-order valence-corrected chi connectivity index (χ1v) is 4.91. The van der Waals surface area contributed by atoms with E-state index in [0.29, 0.717) is 12.5 Å². The largest absolute Gasteiger partial charge is 0.309 e. The predicted molar refractivity (Wildman–Crippen MR) is 57.8 cm³/mol. The van der Waals surface area contributed by atoms with Gasteiger partial charge in [0.05, 0.1) is 6.07 Å². The maximum absolute atomic E-state index is 8.41. The molecule has 1 aromatic carbocycles. The Balaban J connectivity index is 2.57. The van der Waals surface area contributed by atoms with Crippen molar-refractivity contribution in [2.75, 3.05) is 6.54 Å². The topological polar surface area (TPSA) is 35.8 Å². The third kappa shape index (κ3) is 2.86. The zero-order valence-electron chi connectivity index (χ0n) is 8.75. The summed E-state index contributed by atoms with van der Waals surface area (Å²) in [6, 6.07) is 10.8. The van der Waals surface area contributed by atoms with Crippen LogP contribution in [0.25, 0.3) is 0 Å². The number of benzene rings is 1. The summed E-state index contributed by atoms with van der Waals surface area (Å²) in [4.78, 5) is 0. The second kappa shape index (κ2) is 5.41. The van der Waals surface area contributed by atoms with Crippen LogP contribution in [0.3, 0.4) is 0 Å². The average Bonchev–Trinajstić information content (AvgIpc) is 2.18. The van der Waals surface area contributed by atoms with Gasteiger partial charge in [-0.15, -0.1) is 0 Å². The predicted octanol–water partition coefficient (Wildman–Crippen LogP) is 2.56. The van der Waals surface area contributed by atoms with E-state index in [0.717, 1.165) is 6.54 Å². The fraction of sp³-hybridized carbons (Fsp3) is 0.417. The van der Waals surface area contributed by atoms with E-state index in [2.05, 4.69) is 37.4 Å². The van der Waals surface area contributed by atoms with Crippen molar-refractivity contribution < 1.29 is 0 Å². The second-order valence-corrected chi connectivity index (χ2v) is 3.44. The molecule has 1 N–H and O–H groups in total. The van der Waals surface area contributed by atoms with E-state index in [9.17, 15) is 0 Å². The molecule has 0 amide bonds. The molecule has 74 valence electrons. The van der Waals surface area contributed by atoms with Crippen molar-refractivity contribution in [3.05, 3.63) is 35.4 Å². The zero-order valence-corrected chi connectivity index (χ0v) is 8.75. The molecule has 0 aliphatic rings. The van der Waals surface area contributed by atoms with E-state index in [1.165, 1.54) is 11.1 Å². The quantitative estimate of drug-likeness (QED) is 0.737. The number of aryl methyl sites for hydroxylation is 1. The summed E-state index contributed by atoms with van der Waals surface area (Å²) in [6.45, 7) is 4.99. The Bertz CT molecular complexity index is 325. The lowest BCUT2D eigenvalue weighted by Gasteiger charge is -2.15. The van der Waals surface area contributed by atoms with Crippen LogP contribution in [0.1, 0.15) is 30.5 Å². The van der Waals surface area contributed by atoms with E-state index in [1.54, 1.807) is 0 Å². The maximum Gasteiger partial charge on any atom is 0.0635 e. The van der Waals surface area contributed by atoms with Gasteiger partial charge in [-0.1, -0.05) is 24.3 Å². The van der Waals surface area contributed by atoms with Gasteiger partial charge in [0.2, 0.25) is 0 Å². The summed E-state index contributed by atoms with van der Waals surface area (Å²) in [5.41, 5.74) is 2.61. The Labute approximate surface area is 85.6 Å². The minimum atomic E-state index is 0.324. The lowest BCUT2D eigenvalue weighted by molar-refractivity contribution is 0.580. The molecule has 2 nitrogen and oxygen atoms in total. The molecule has 1 rings (SSSR count). The molecule has 1 atom stereocenters. The van der Waals surface area contributed by atoms with Gasteiger partial charge >= 0.3 is 0 Å². The Morgan fingerprint density at radius 2 is 2.14 bits per heavy atom. The van der Waals surface area contributed by atoms with Crippen LogP contribution in [-0.2, 0) is 0 Å². The van der Waals surface area contributed by atoms with E-state index >= 15 is 0 Å². The van der Waals surface area contributed by atoms with Crippen molar-refractivity contribution in [3.63, 3.8) is 0 Å². The third-order valence-electron chi connectivity index (χ3n) is 2.34. The molecule has 0 bridgehead atoms. The summed E-state index contributed by atoms with van der Waals surface area (Å²) in [7, 11) is 0. The number of nitrogens with zero attached hydrogens (tertiary/aromatic N) is 1. The van der Waals surface area contributed by atoms with Gasteiger partial charge in [0.1, 0.15) is 0 Å². The smallest absolute Gasteiger partial charge is 0.0635 e. The Morgan fingerprint density at radius 3 is 2.79 bits per heavy atom. The van der Waals surface area contributed by atoms with Crippen molar-refractivity contribution >= 4 is 0 Å². The molecule has 14 heavy (non-hydrogen) atoms. The van der Waals surface area contributed by atoms with E-state index in [-0.39, 0.29) is 0 Å². The molecule has 0 aromatic heterocycles. The van der Waals surface area contributed by atoms with Crippen molar-refractivity contribution in [3.8, 4) is 6.07 Å². The van der Waals surface area contributed by atoms with Gasteiger partial charge in [0.25, 0.3) is 0 Å². The normalized spacial score (nSPS) is 12.1. The lowest BCUT2D eigenvalue weighted by Crippen LogP contribution is -2.20. The molecule has 0 aliphatic carbocycles. The van der Waals surface area contributed by atoms with Gasteiger partial charge in [0.15, 0.2) is 0 Å². The van der Waals surface area contributed by atoms with Crippen LogP contribution >= 0.6 is 0 Å². The highest BCUT2D eigenvalue weighted by Gasteiger charge is 2.05. The Kier molecular flexibility index (Phi) is 4.15. The molecular formula is C12H16N2. The summed E-state index contributed by atoms with van der Waals surface area (Å²) in [5, 5.41) is 11.7. The van der Waals surface area contributed by atoms with Crippen molar-refractivity contribution in [2.24, 2.45) is 0 Å². The summed E-state index contributed by atoms with van der Waals surface area (Å²) >= 11 is 0. The highest BCUT2D eigenvalue weighted by Crippen LogP contribution is 2.16. The van der Waals surface area contributed by atoms with Crippen LogP contribution < -0.4 is 5.32 Å². The molecule has 1 unspecified atom stereocenters. The molecule has 0 spiro atoms. The van der Waals surface area contributed by atoms with Crippen molar-refractivity contribution in [1.29, 1.82) is 5.26 Å². The lowest BCUT2D eigenvalue weighted by atomic mass is 10.0. The van der Waals surface area contributed by atoms with Gasteiger partial charge in [0, 0.05) is 19.0 Å². The number of rotatable bonds is 4. The molecule has 0 saturated carbocycles. The fourth-order valence-electron chi connectivity index (χ4n) is 1.53. The van der Waals surface area contributed by atoms with Gasteiger partial charge < -0.3 is 5.32 Å². The van der Waals surface area contributed by atoms with Gasteiger partial charge in [-0.05, 0) is 25.0 Å². The average molecular weight is 188 g/mol. The first kappa shape index (κ1) is 10.7. The first-order chi connectivity index (χ1) is 6.75. The highest BCUT2D eigenvalue weighted by molar-refractivity contribution is 5.28. The minimum Gasteiger partial charge on any atom is -0.309 e. The van der Waals surface area contributed by atoms with Crippen LogP contribution in [-0.4, -0.2) is 6.54 Å². The van der Waals surface area contributed by atoms with E-state index in [1.807, 2.05) is 12.1 Å². The Morgan fingerprint density at radius 1 is 1.43 bits per heavy atom. The fourth-order valence-corrected chi connectivity index (χ4v) is 1.53. The van der Waals surface area contributed by atoms with Gasteiger partial charge in [-0.2, -0.15) is 5.26 Å². The van der Waals surface area contributed by atoms with Gasteiger partial charge in [-0.25, -0.2) is 0 Å². The molecule has 0 saturated heterocycles.